The molecule has 0 bridgehead atoms. The Bertz CT molecular complexity index is 511. The van der Waals surface area contributed by atoms with Gasteiger partial charge in [-0.2, -0.15) is 0 Å². The molecule has 0 heterocycles. The lowest BCUT2D eigenvalue weighted by Crippen LogP contribution is -2.42. The van der Waals surface area contributed by atoms with Gasteiger partial charge in [0.2, 0.25) is 5.91 Å². The summed E-state index contributed by atoms with van der Waals surface area (Å²) in [4.78, 5) is 12.0. The molecule has 21 heavy (non-hydrogen) atoms. The van der Waals surface area contributed by atoms with E-state index in [4.69, 9.17) is 23.2 Å². The summed E-state index contributed by atoms with van der Waals surface area (Å²) in [5.41, 5.74) is 0.782. The van der Waals surface area contributed by atoms with Gasteiger partial charge in [-0.05, 0) is 42.7 Å². The van der Waals surface area contributed by atoms with Crippen LogP contribution in [0.1, 0.15) is 31.2 Å². The van der Waals surface area contributed by atoms with E-state index in [0.717, 1.165) is 31.2 Å². The summed E-state index contributed by atoms with van der Waals surface area (Å²) in [6.07, 6.45) is 7.27. The van der Waals surface area contributed by atoms with Gasteiger partial charge in [-0.15, -0.1) is 0 Å². The summed E-state index contributed by atoms with van der Waals surface area (Å²) in [6, 6.07) is 5.20. The molecule has 1 aliphatic rings. The lowest BCUT2D eigenvalue weighted by atomic mass is 9.85. The molecule has 2 unspecified atom stereocenters. The first-order chi connectivity index (χ1) is 10.1. The fraction of sp³-hybridized carbons (Fsp3) is 0.438. The van der Waals surface area contributed by atoms with Crippen molar-refractivity contribution in [1.29, 1.82) is 0 Å². The average molecular weight is 328 g/mol. The first-order valence-corrected chi connectivity index (χ1v) is 7.89. The van der Waals surface area contributed by atoms with Crippen molar-refractivity contribution in [2.24, 2.45) is 5.92 Å². The molecule has 2 rings (SSSR count). The number of halogens is 2. The van der Waals surface area contributed by atoms with Gasteiger partial charge in [-0.25, -0.2) is 0 Å². The third-order valence-corrected chi connectivity index (χ3v) is 4.22. The summed E-state index contributed by atoms with van der Waals surface area (Å²) < 4.78 is 0. The van der Waals surface area contributed by atoms with E-state index < -0.39 is 0 Å². The van der Waals surface area contributed by atoms with Gasteiger partial charge in [-0.3, -0.25) is 4.79 Å². The second kappa shape index (κ2) is 7.83. The second-order valence-corrected chi connectivity index (χ2v) is 6.25. The minimum atomic E-state index is -0.156. The Kier molecular flexibility index (Phi) is 6.09. The molecule has 3 nitrogen and oxygen atoms in total. The van der Waals surface area contributed by atoms with Gasteiger partial charge in [0.05, 0.1) is 0 Å². The fourth-order valence-electron chi connectivity index (χ4n) is 2.69. The third-order valence-electron chi connectivity index (χ3n) is 3.78. The molecule has 1 aromatic carbocycles. The van der Waals surface area contributed by atoms with Gasteiger partial charge in [0.15, 0.2) is 0 Å². The van der Waals surface area contributed by atoms with Crippen LogP contribution in [-0.4, -0.2) is 23.7 Å². The van der Waals surface area contributed by atoms with Gasteiger partial charge in [0.25, 0.3) is 0 Å². The van der Waals surface area contributed by atoms with Crippen LogP contribution in [0.3, 0.4) is 0 Å². The van der Waals surface area contributed by atoms with Crippen molar-refractivity contribution in [3.8, 4) is 0 Å². The predicted molar refractivity (Wildman–Crippen MR) is 86.5 cm³/mol. The Balaban J connectivity index is 1.95. The zero-order chi connectivity index (χ0) is 15.2. The molecule has 0 aliphatic heterocycles. The molecule has 0 spiro atoms. The van der Waals surface area contributed by atoms with Crippen LogP contribution in [0.2, 0.25) is 10.0 Å². The van der Waals surface area contributed by atoms with Crippen LogP contribution < -0.4 is 5.32 Å². The Hall–Kier alpha value is -1.03. The zero-order valence-corrected chi connectivity index (χ0v) is 13.2. The molecule has 114 valence electrons. The van der Waals surface area contributed by atoms with Crippen molar-refractivity contribution in [3.05, 3.63) is 39.9 Å². The Morgan fingerprint density at radius 3 is 2.57 bits per heavy atom. The number of amides is 1. The van der Waals surface area contributed by atoms with Crippen molar-refractivity contribution in [2.45, 2.75) is 31.7 Å². The summed E-state index contributed by atoms with van der Waals surface area (Å²) in [7, 11) is 0. The monoisotopic (exact) mass is 327 g/mol. The van der Waals surface area contributed by atoms with Gasteiger partial charge >= 0.3 is 0 Å². The van der Waals surface area contributed by atoms with Gasteiger partial charge in [0.1, 0.15) is 0 Å². The molecule has 2 N–H and O–H groups in total. The molecular weight excluding hydrogens is 309 g/mol. The smallest absolute Gasteiger partial charge is 0.244 e. The van der Waals surface area contributed by atoms with E-state index in [1.54, 1.807) is 24.3 Å². The van der Waals surface area contributed by atoms with Crippen LogP contribution >= 0.6 is 23.2 Å². The molecule has 1 aliphatic carbocycles. The van der Waals surface area contributed by atoms with E-state index in [1.807, 2.05) is 0 Å². The molecule has 0 radical (unpaired) electrons. The molecule has 1 amide bonds. The van der Waals surface area contributed by atoms with E-state index in [2.05, 4.69) is 5.32 Å². The highest BCUT2D eigenvalue weighted by Crippen LogP contribution is 2.24. The lowest BCUT2D eigenvalue weighted by molar-refractivity contribution is -0.117. The Morgan fingerprint density at radius 1 is 1.24 bits per heavy atom. The van der Waals surface area contributed by atoms with Crippen LogP contribution in [0, 0.1) is 5.92 Å². The highest BCUT2D eigenvalue weighted by atomic mass is 35.5. The first-order valence-electron chi connectivity index (χ1n) is 7.14. The van der Waals surface area contributed by atoms with Gasteiger partial charge in [-0.1, -0.05) is 36.0 Å². The molecule has 5 heteroatoms. The maximum atomic E-state index is 12.0. The average Bonchev–Trinajstić information content (AvgIpc) is 2.45. The highest BCUT2D eigenvalue weighted by Gasteiger charge is 2.25. The summed E-state index contributed by atoms with van der Waals surface area (Å²) >= 11 is 11.8. The number of hydrogen-bond acceptors (Lipinski definition) is 2. The second-order valence-electron chi connectivity index (χ2n) is 5.38. The van der Waals surface area contributed by atoms with E-state index in [-0.39, 0.29) is 24.5 Å². The molecule has 1 fully saturated rings. The summed E-state index contributed by atoms with van der Waals surface area (Å²) in [6.45, 7) is 0.124. The quantitative estimate of drug-likeness (QED) is 0.829. The maximum absolute atomic E-state index is 12.0. The van der Waals surface area contributed by atoms with Crippen LogP contribution in [0.5, 0.6) is 0 Å². The number of aliphatic hydroxyl groups excluding tert-OH is 1. The minimum Gasteiger partial charge on any atom is -0.396 e. The SMILES string of the molecule is O=C(/C=C/c1cc(Cl)cc(Cl)c1)NC1CCCCC1CO. The minimum absolute atomic E-state index is 0.0591. The van der Waals surface area contributed by atoms with Crippen LogP contribution in [0.4, 0.5) is 0 Å². The van der Waals surface area contributed by atoms with Crippen molar-refractivity contribution in [2.75, 3.05) is 6.61 Å². The van der Waals surface area contributed by atoms with Crippen LogP contribution in [0.25, 0.3) is 6.08 Å². The van der Waals surface area contributed by atoms with Crippen molar-refractivity contribution >= 4 is 35.2 Å². The van der Waals surface area contributed by atoms with Gasteiger partial charge in [0, 0.05) is 34.7 Å². The van der Waals surface area contributed by atoms with Crippen molar-refractivity contribution < 1.29 is 9.90 Å². The maximum Gasteiger partial charge on any atom is 0.244 e. The van der Waals surface area contributed by atoms with E-state index in [1.165, 1.54) is 6.08 Å². The van der Waals surface area contributed by atoms with Crippen LogP contribution in [0.15, 0.2) is 24.3 Å². The first kappa shape index (κ1) is 16.3. The largest absolute Gasteiger partial charge is 0.396 e. The third kappa shape index (κ3) is 5.03. The standard InChI is InChI=1S/C16H19Cl2NO2/c17-13-7-11(8-14(18)9-13)5-6-16(21)19-15-4-2-1-3-12(15)10-20/h5-9,12,15,20H,1-4,10H2,(H,19,21)/b6-5+. The molecule has 2 atom stereocenters. The molecule has 0 saturated heterocycles. The zero-order valence-electron chi connectivity index (χ0n) is 11.7. The van der Waals surface area contributed by atoms with Gasteiger partial charge < -0.3 is 10.4 Å². The normalized spacial score (nSPS) is 22.4. The Morgan fingerprint density at radius 2 is 1.90 bits per heavy atom. The van der Waals surface area contributed by atoms with Crippen LogP contribution in [-0.2, 0) is 4.79 Å². The number of hydrogen-bond donors (Lipinski definition) is 2. The molecule has 0 aromatic heterocycles. The topological polar surface area (TPSA) is 49.3 Å². The van der Waals surface area contributed by atoms with E-state index in [9.17, 15) is 9.90 Å². The fourth-order valence-corrected chi connectivity index (χ4v) is 3.23. The summed E-state index contributed by atoms with van der Waals surface area (Å²) in [5.74, 6) is 0.00756. The Labute approximate surface area is 134 Å². The van der Waals surface area contributed by atoms with Crippen molar-refractivity contribution in [1.82, 2.24) is 5.32 Å². The highest BCUT2D eigenvalue weighted by molar-refractivity contribution is 6.34. The number of nitrogens with one attached hydrogen (secondary N) is 1. The van der Waals surface area contributed by atoms with E-state index in [0.29, 0.717) is 10.0 Å². The summed E-state index contributed by atoms with van der Waals surface area (Å²) in [5, 5.41) is 13.4. The van der Waals surface area contributed by atoms with Crippen molar-refractivity contribution in [3.63, 3.8) is 0 Å². The number of aliphatic hydroxyl groups is 1. The molecule has 1 aromatic rings. The lowest BCUT2D eigenvalue weighted by Gasteiger charge is -2.30. The predicted octanol–water partition coefficient (Wildman–Crippen LogP) is 3.67. The number of carbonyl (C=O) groups excluding carboxylic acids is 1. The number of benzene rings is 1. The number of carbonyl (C=O) groups is 1. The number of rotatable bonds is 4. The molecule has 1 saturated carbocycles. The van der Waals surface area contributed by atoms with E-state index >= 15 is 0 Å². The molecular formula is C16H19Cl2NO2.